The van der Waals surface area contributed by atoms with Crippen molar-refractivity contribution in [2.24, 2.45) is 0 Å². The van der Waals surface area contributed by atoms with Crippen LogP contribution in [0.2, 0.25) is 0 Å². The number of fused-ring (bicyclic) bond motifs is 1. The number of carbonyl (C=O) groups excluding carboxylic acids is 1. The molecule has 0 saturated carbocycles. The highest BCUT2D eigenvalue weighted by atomic mass is 19.2. The Labute approximate surface area is 199 Å². The van der Waals surface area contributed by atoms with Gasteiger partial charge in [0.2, 0.25) is 5.72 Å². The number of amides is 1. The van der Waals surface area contributed by atoms with Crippen LogP contribution in [-0.4, -0.2) is 21.4 Å². The van der Waals surface area contributed by atoms with Gasteiger partial charge in [0.05, 0.1) is 17.4 Å². The molecule has 0 spiro atoms. The van der Waals surface area contributed by atoms with Crippen LogP contribution in [0.3, 0.4) is 0 Å². The van der Waals surface area contributed by atoms with Gasteiger partial charge in [-0.25, -0.2) is 22.2 Å². The van der Waals surface area contributed by atoms with E-state index in [9.17, 15) is 22.4 Å². The van der Waals surface area contributed by atoms with E-state index in [2.05, 4.69) is 10.4 Å². The minimum Gasteiger partial charge on any atom is -0.464 e. The van der Waals surface area contributed by atoms with E-state index in [1.165, 1.54) is 18.2 Å². The van der Waals surface area contributed by atoms with Crippen LogP contribution in [0.15, 0.2) is 66.9 Å². The number of benzene rings is 3. The van der Waals surface area contributed by atoms with Crippen molar-refractivity contribution in [3.05, 3.63) is 89.9 Å². The number of rotatable bonds is 7. The summed E-state index contributed by atoms with van der Waals surface area (Å²) in [6, 6.07) is 13.9. The molecule has 35 heavy (non-hydrogen) atoms. The molecule has 1 N–H and O–H groups in total. The number of halogens is 4. The zero-order valence-corrected chi connectivity index (χ0v) is 19.3. The summed E-state index contributed by atoms with van der Waals surface area (Å²) < 4.78 is 63.2. The number of nitrogens with one attached hydrogen (secondary N) is 1. The van der Waals surface area contributed by atoms with E-state index in [1.807, 2.05) is 0 Å². The normalized spacial score (nSPS) is 13.5. The first-order valence-corrected chi connectivity index (χ1v) is 10.9. The van der Waals surface area contributed by atoms with Gasteiger partial charge in [0, 0.05) is 17.4 Å². The van der Waals surface area contributed by atoms with Gasteiger partial charge in [0.1, 0.15) is 11.6 Å². The van der Waals surface area contributed by atoms with Gasteiger partial charge >= 0.3 is 0 Å². The summed E-state index contributed by atoms with van der Waals surface area (Å²) in [5, 5.41) is 7.54. The molecule has 4 aromatic rings. The second-order valence-corrected chi connectivity index (χ2v) is 8.59. The van der Waals surface area contributed by atoms with Crippen molar-refractivity contribution in [3.63, 3.8) is 0 Å². The van der Waals surface area contributed by atoms with Crippen LogP contribution >= 0.6 is 0 Å². The Morgan fingerprint density at radius 1 is 1.00 bits per heavy atom. The molecule has 0 saturated heterocycles. The van der Waals surface area contributed by atoms with Crippen LogP contribution in [0.25, 0.3) is 16.6 Å². The van der Waals surface area contributed by atoms with Crippen molar-refractivity contribution in [1.82, 2.24) is 15.1 Å². The van der Waals surface area contributed by atoms with Crippen molar-refractivity contribution in [3.8, 4) is 11.4 Å². The first kappa shape index (κ1) is 24.3. The van der Waals surface area contributed by atoms with E-state index >= 15 is 0 Å². The highest BCUT2D eigenvalue weighted by Crippen LogP contribution is 2.33. The quantitative estimate of drug-likeness (QED) is 0.260. The predicted molar refractivity (Wildman–Crippen MR) is 123 cm³/mol. The third-order valence-corrected chi connectivity index (χ3v) is 5.64. The highest BCUT2D eigenvalue weighted by Gasteiger charge is 2.40. The monoisotopic (exact) mass is 485 g/mol. The number of aromatic nitrogens is 2. The van der Waals surface area contributed by atoms with E-state index in [4.69, 9.17) is 4.74 Å². The molecule has 1 heterocycles. The van der Waals surface area contributed by atoms with Crippen LogP contribution in [-0.2, 0) is 10.5 Å². The summed E-state index contributed by atoms with van der Waals surface area (Å²) in [6.45, 7) is 3.84. The van der Waals surface area contributed by atoms with Crippen LogP contribution in [0.1, 0.15) is 32.8 Å². The Kier molecular flexibility index (Phi) is 6.27. The fourth-order valence-electron chi connectivity index (χ4n) is 3.66. The van der Waals surface area contributed by atoms with Gasteiger partial charge in [0.15, 0.2) is 17.3 Å². The van der Waals surface area contributed by atoms with Crippen molar-refractivity contribution in [2.45, 2.75) is 38.6 Å². The molecule has 0 unspecified atom stereocenters. The summed E-state index contributed by atoms with van der Waals surface area (Å²) in [5.41, 5.74) is -2.47. The van der Waals surface area contributed by atoms with Gasteiger partial charge in [-0.3, -0.25) is 4.79 Å². The molecule has 1 aromatic heterocycles. The van der Waals surface area contributed by atoms with Gasteiger partial charge in [-0.1, -0.05) is 6.92 Å². The highest BCUT2D eigenvalue weighted by molar-refractivity contribution is 5.85. The third kappa shape index (κ3) is 4.84. The van der Waals surface area contributed by atoms with Crippen molar-refractivity contribution in [2.75, 3.05) is 0 Å². The first-order chi connectivity index (χ1) is 16.5. The molecule has 0 aliphatic heterocycles. The summed E-state index contributed by atoms with van der Waals surface area (Å²) in [4.78, 5) is 12.6. The lowest BCUT2D eigenvalue weighted by Gasteiger charge is -2.36. The second kappa shape index (κ2) is 9.05. The van der Waals surface area contributed by atoms with Crippen molar-refractivity contribution in [1.29, 1.82) is 0 Å². The van der Waals surface area contributed by atoms with Crippen LogP contribution in [0.4, 0.5) is 17.6 Å². The third-order valence-electron chi connectivity index (χ3n) is 5.64. The van der Waals surface area contributed by atoms with Crippen LogP contribution < -0.4 is 10.1 Å². The maximum atomic E-state index is 14.4. The molecule has 0 radical (unpaired) electrons. The number of hydrogen-bond donors (Lipinski definition) is 1. The maximum absolute atomic E-state index is 14.4. The molecule has 0 bridgehead atoms. The lowest BCUT2D eigenvalue weighted by atomic mass is 9.97. The molecule has 1 atom stereocenters. The van der Waals surface area contributed by atoms with Crippen LogP contribution in [0, 0.1) is 17.5 Å². The van der Waals surface area contributed by atoms with E-state index < -0.39 is 28.9 Å². The van der Waals surface area contributed by atoms with Crippen molar-refractivity contribution < 1.29 is 27.1 Å². The smallest absolute Gasteiger partial charge is 0.260 e. The maximum Gasteiger partial charge on any atom is 0.260 e. The topological polar surface area (TPSA) is 56.1 Å². The number of hydrogen-bond acceptors (Lipinski definition) is 3. The number of ether oxygens (including phenoxy) is 1. The Bertz CT molecular complexity index is 1380. The standard InChI is InChI=1S/C26H23F4N3O2/c1-4-26(32-24(34)25(2,3)30,17-5-11-21(28)22(29)14-17)35-20-10-12-23-16(13-20)15-31-33(23)19-8-6-18(27)7-9-19/h5-15H,4H2,1-3H3,(H,32,34)/t26-/m0/s1. The average Bonchev–Trinajstić information content (AvgIpc) is 3.23. The minimum absolute atomic E-state index is 0.0762. The lowest BCUT2D eigenvalue weighted by molar-refractivity contribution is -0.138. The molecule has 0 fully saturated rings. The minimum atomic E-state index is -2.25. The van der Waals surface area contributed by atoms with Gasteiger partial charge in [0.25, 0.3) is 5.91 Å². The molecule has 0 aliphatic carbocycles. The number of alkyl halides is 1. The second-order valence-electron chi connectivity index (χ2n) is 8.59. The van der Waals surface area contributed by atoms with Gasteiger partial charge in [-0.2, -0.15) is 5.10 Å². The fourth-order valence-corrected chi connectivity index (χ4v) is 3.66. The van der Waals surface area contributed by atoms with E-state index in [1.54, 1.807) is 48.1 Å². The Morgan fingerprint density at radius 3 is 2.34 bits per heavy atom. The SMILES string of the molecule is CC[C@](NC(=O)C(C)(C)F)(Oc1ccc2c(cnn2-c2ccc(F)cc2)c1)c1ccc(F)c(F)c1. The Morgan fingerprint density at radius 2 is 1.71 bits per heavy atom. The summed E-state index contributed by atoms with van der Waals surface area (Å²) in [6.07, 6.45) is 1.66. The molecule has 3 aromatic carbocycles. The predicted octanol–water partition coefficient (Wildman–Crippen LogP) is 5.95. The summed E-state index contributed by atoms with van der Waals surface area (Å²) in [7, 11) is 0. The van der Waals surface area contributed by atoms with E-state index in [0.717, 1.165) is 26.0 Å². The largest absolute Gasteiger partial charge is 0.464 e. The molecule has 4 rings (SSSR count). The Balaban J connectivity index is 1.75. The lowest BCUT2D eigenvalue weighted by Crippen LogP contribution is -2.54. The fraction of sp³-hybridized carbons (Fsp3) is 0.231. The zero-order valence-electron chi connectivity index (χ0n) is 19.3. The molecule has 1 amide bonds. The molecular weight excluding hydrogens is 462 g/mol. The molecule has 5 nitrogen and oxygen atoms in total. The molecular formula is C26H23F4N3O2. The van der Waals surface area contributed by atoms with Gasteiger partial charge < -0.3 is 10.1 Å². The van der Waals surface area contributed by atoms with Crippen LogP contribution in [0.5, 0.6) is 5.75 Å². The zero-order chi connectivity index (χ0) is 25.4. The van der Waals surface area contributed by atoms with E-state index in [0.29, 0.717) is 16.6 Å². The molecule has 9 heteroatoms. The van der Waals surface area contributed by atoms with E-state index in [-0.39, 0.29) is 23.6 Å². The Hall–Kier alpha value is -3.88. The molecule has 182 valence electrons. The molecule has 0 aliphatic rings. The van der Waals surface area contributed by atoms with Gasteiger partial charge in [-0.15, -0.1) is 0 Å². The van der Waals surface area contributed by atoms with Crippen molar-refractivity contribution >= 4 is 16.8 Å². The first-order valence-electron chi connectivity index (χ1n) is 10.9. The number of nitrogens with zero attached hydrogens (tertiary/aromatic N) is 2. The number of carbonyl (C=O) groups is 1. The summed E-state index contributed by atoms with van der Waals surface area (Å²) >= 11 is 0. The average molecular weight is 485 g/mol. The summed E-state index contributed by atoms with van der Waals surface area (Å²) in [5.74, 6) is -3.26. The van der Waals surface area contributed by atoms with Gasteiger partial charge in [-0.05, 0) is 74.5 Å².